The fourth-order valence-corrected chi connectivity index (χ4v) is 4.65. The zero-order valence-electron chi connectivity index (χ0n) is 21.0. The average molecular weight is 582 g/mol. The Morgan fingerprint density at radius 2 is 1.41 bits per heavy atom. The zero-order valence-corrected chi connectivity index (χ0v) is 23.3. The molecule has 1 atom stereocenters. The molecule has 4 rings (SSSR count). The molecule has 0 aliphatic rings. The molecule has 0 unspecified atom stereocenters. The van der Waals surface area contributed by atoms with E-state index < -0.39 is 6.04 Å². The minimum atomic E-state index is -0.818. The molecule has 5 nitrogen and oxygen atoms in total. The number of nitrogens with one attached hydrogen (secondary N) is 1. The number of amides is 2. The molecular formula is C31H27Cl3N2O3. The molecule has 0 spiro atoms. The highest BCUT2D eigenvalue weighted by molar-refractivity contribution is 6.35. The summed E-state index contributed by atoms with van der Waals surface area (Å²) in [5, 5.41) is 4.51. The van der Waals surface area contributed by atoms with E-state index in [0.717, 1.165) is 16.7 Å². The molecule has 1 N–H and O–H groups in total. The summed E-state index contributed by atoms with van der Waals surface area (Å²) in [6.45, 7) is 0.156. The highest BCUT2D eigenvalue weighted by Gasteiger charge is 2.30. The highest BCUT2D eigenvalue weighted by atomic mass is 35.5. The average Bonchev–Trinajstić information content (AvgIpc) is 2.95. The Kier molecular flexibility index (Phi) is 10.3. The molecule has 8 heteroatoms. The third-order valence-electron chi connectivity index (χ3n) is 6.11. The Hall–Kier alpha value is -3.51. The second-order valence-electron chi connectivity index (χ2n) is 8.91. The summed E-state index contributed by atoms with van der Waals surface area (Å²) in [5.74, 6) is -0.0694. The summed E-state index contributed by atoms with van der Waals surface area (Å²) in [4.78, 5) is 28.9. The van der Waals surface area contributed by atoms with Gasteiger partial charge in [0.1, 0.15) is 11.8 Å². The van der Waals surface area contributed by atoms with Crippen molar-refractivity contribution >= 4 is 46.6 Å². The summed E-state index contributed by atoms with van der Waals surface area (Å²) in [5.41, 5.74) is 2.47. The first-order valence-corrected chi connectivity index (χ1v) is 13.5. The van der Waals surface area contributed by atoms with Gasteiger partial charge >= 0.3 is 0 Å². The second-order valence-corrected chi connectivity index (χ2v) is 10.2. The van der Waals surface area contributed by atoms with Crippen LogP contribution in [0.15, 0.2) is 103 Å². The summed E-state index contributed by atoms with van der Waals surface area (Å²) < 4.78 is 5.77. The van der Waals surface area contributed by atoms with E-state index >= 15 is 0 Å². The van der Waals surface area contributed by atoms with Crippen molar-refractivity contribution in [2.75, 3.05) is 6.61 Å². The number of benzene rings is 4. The molecule has 200 valence electrons. The third kappa shape index (κ3) is 8.49. The van der Waals surface area contributed by atoms with Gasteiger partial charge in [-0.25, -0.2) is 0 Å². The number of hydrogen-bond acceptors (Lipinski definition) is 3. The van der Waals surface area contributed by atoms with Crippen LogP contribution < -0.4 is 10.1 Å². The minimum Gasteiger partial charge on any atom is -0.484 e. The predicted octanol–water partition coefficient (Wildman–Crippen LogP) is 6.98. The Morgan fingerprint density at radius 1 is 0.769 bits per heavy atom. The van der Waals surface area contributed by atoms with Gasteiger partial charge in [-0.2, -0.15) is 0 Å². The number of nitrogens with zero attached hydrogens (tertiary/aromatic N) is 1. The monoisotopic (exact) mass is 580 g/mol. The van der Waals surface area contributed by atoms with E-state index in [1.165, 1.54) is 0 Å². The molecule has 0 saturated carbocycles. The van der Waals surface area contributed by atoms with Crippen LogP contribution in [0.2, 0.25) is 15.1 Å². The maximum Gasteiger partial charge on any atom is 0.261 e. The molecule has 0 fully saturated rings. The van der Waals surface area contributed by atoms with Crippen molar-refractivity contribution in [3.8, 4) is 5.75 Å². The molecule has 0 aromatic heterocycles. The normalized spacial score (nSPS) is 11.5. The van der Waals surface area contributed by atoms with E-state index in [1.807, 2.05) is 60.7 Å². The van der Waals surface area contributed by atoms with E-state index in [0.29, 0.717) is 27.2 Å². The van der Waals surface area contributed by atoms with Crippen LogP contribution in [0, 0.1) is 0 Å². The molecule has 2 amide bonds. The van der Waals surface area contributed by atoms with Crippen LogP contribution in [0.5, 0.6) is 5.75 Å². The maximum absolute atomic E-state index is 13.7. The Labute approximate surface area is 243 Å². The van der Waals surface area contributed by atoms with Crippen molar-refractivity contribution in [1.82, 2.24) is 10.2 Å². The van der Waals surface area contributed by atoms with Crippen LogP contribution in [0.1, 0.15) is 16.7 Å². The van der Waals surface area contributed by atoms with E-state index in [9.17, 15) is 9.59 Å². The van der Waals surface area contributed by atoms with Gasteiger partial charge in [0, 0.05) is 34.6 Å². The lowest BCUT2D eigenvalue weighted by Crippen LogP contribution is -2.51. The largest absolute Gasteiger partial charge is 0.484 e. The molecule has 0 saturated heterocycles. The molecule has 0 bridgehead atoms. The number of carbonyl (C=O) groups is 2. The van der Waals surface area contributed by atoms with Gasteiger partial charge in [0.2, 0.25) is 5.91 Å². The molecule has 0 aliphatic carbocycles. The highest BCUT2D eigenvalue weighted by Crippen LogP contribution is 2.22. The number of halogens is 3. The Morgan fingerprint density at radius 3 is 2.08 bits per heavy atom. The molecule has 0 radical (unpaired) electrons. The first kappa shape index (κ1) is 28.5. The van der Waals surface area contributed by atoms with Crippen molar-refractivity contribution in [2.24, 2.45) is 0 Å². The quantitative estimate of drug-likeness (QED) is 0.208. The molecule has 39 heavy (non-hydrogen) atoms. The van der Waals surface area contributed by atoms with Gasteiger partial charge in [0.25, 0.3) is 5.91 Å². The number of hydrogen-bond donors (Lipinski definition) is 1. The van der Waals surface area contributed by atoms with Gasteiger partial charge in [-0.1, -0.05) is 102 Å². The van der Waals surface area contributed by atoms with Crippen LogP contribution in [-0.4, -0.2) is 29.4 Å². The first-order valence-electron chi connectivity index (χ1n) is 12.4. The fourth-order valence-electron chi connectivity index (χ4n) is 4.05. The van der Waals surface area contributed by atoms with E-state index in [4.69, 9.17) is 39.5 Å². The van der Waals surface area contributed by atoms with Gasteiger partial charge in [-0.05, 0) is 53.1 Å². The smallest absolute Gasteiger partial charge is 0.261 e. The molecule has 4 aromatic rings. The van der Waals surface area contributed by atoms with Crippen LogP contribution in [-0.2, 0) is 29.1 Å². The standard InChI is InChI=1S/C31H27Cl3N2O3/c32-25-14-11-23(12-15-25)20-36(30(37)21-39-27-9-5-2-6-10-27)29(17-22-7-3-1-4-8-22)31(38)35-19-24-13-16-26(33)18-28(24)34/h1-16,18,29H,17,19-21H2,(H,35,38)/t29-/m0/s1. The Bertz CT molecular complexity index is 1380. The van der Waals surface area contributed by atoms with Crippen LogP contribution in [0.25, 0.3) is 0 Å². The fraction of sp³-hybridized carbons (Fsp3) is 0.161. The van der Waals surface area contributed by atoms with Gasteiger partial charge in [0.15, 0.2) is 6.61 Å². The third-order valence-corrected chi connectivity index (χ3v) is 6.95. The second kappa shape index (κ2) is 14.0. The topological polar surface area (TPSA) is 58.6 Å². The maximum atomic E-state index is 13.7. The summed E-state index contributed by atoms with van der Waals surface area (Å²) in [6.07, 6.45) is 0.311. The minimum absolute atomic E-state index is 0.184. The predicted molar refractivity (Wildman–Crippen MR) is 156 cm³/mol. The zero-order chi connectivity index (χ0) is 27.6. The summed E-state index contributed by atoms with van der Waals surface area (Å²) in [6, 6.07) is 30.2. The van der Waals surface area contributed by atoms with Crippen molar-refractivity contribution < 1.29 is 14.3 Å². The lowest BCUT2D eigenvalue weighted by Gasteiger charge is -2.31. The van der Waals surface area contributed by atoms with E-state index in [-0.39, 0.29) is 31.5 Å². The number of rotatable bonds is 11. The van der Waals surface area contributed by atoms with Gasteiger partial charge in [-0.15, -0.1) is 0 Å². The first-order chi connectivity index (χ1) is 18.9. The van der Waals surface area contributed by atoms with E-state index in [2.05, 4.69) is 5.32 Å². The van der Waals surface area contributed by atoms with Crippen molar-refractivity contribution in [3.63, 3.8) is 0 Å². The number of ether oxygens (including phenoxy) is 1. The van der Waals surface area contributed by atoms with Gasteiger partial charge in [0.05, 0.1) is 0 Å². The Balaban J connectivity index is 1.61. The number of para-hydroxylation sites is 1. The molecule has 0 heterocycles. The van der Waals surface area contributed by atoms with Gasteiger partial charge in [-0.3, -0.25) is 9.59 Å². The van der Waals surface area contributed by atoms with Crippen LogP contribution in [0.4, 0.5) is 0 Å². The van der Waals surface area contributed by atoms with Crippen molar-refractivity contribution in [3.05, 3.63) is 135 Å². The van der Waals surface area contributed by atoms with E-state index in [1.54, 1.807) is 47.4 Å². The molecular weight excluding hydrogens is 555 g/mol. The van der Waals surface area contributed by atoms with Gasteiger partial charge < -0.3 is 15.0 Å². The number of carbonyl (C=O) groups excluding carboxylic acids is 2. The lowest BCUT2D eigenvalue weighted by molar-refractivity contribution is -0.142. The van der Waals surface area contributed by atoms with Crippen LogP contribution >= 0.6 is 34.8 Å². The summed E-state index contributed by atoms with van der Waals surface area (Å²) >= 11 is 18.4. The van der Waals surface area contributed by atoms with Crippen molar-refractivity contribution in [2.45, 2.75) is 25.6 Å². The summed E-state index contributed by atoms with van der Waals surface area (Å²) in [7, 11) is 0. The molecule has 0 aliphatic heterocycles. The molecule has 4 aromatic carbocycles. The van der Waals surface area contributed by atoms with Crippen molar-refractivity contribution in [1.29, 1.82) is 0 Å². The SMILES string of the molecule is O=C(NCc1ccc(Cl)cc1Cl)[C@H](Cc1ccccc1)N(Cc1ccc(Cl)cc1)C(=O)COc1ccccc1. The van der Waals surface area contributed by atoms with Crippen LogP contribution in [0.3, 0.4) is 0 Å². The lowest BCUT2D eigenvalue weighted by atomic mass is 10.0.